The van der Waals surface area contributed by atoms with E-state index in [1.165, 1.54) is 4.68 Å². The largest absolute Gasteiger partial charge is 0.497 e. The van der Waals surface area contributed by atoms with Crippen molar-refractivity contribution in [2.24, 2.45) is 10.2 Å². The number of imidazole rings is 1. The van der Waals surface area contributed by atoms with Gasteiger partial charge in [-0.05, 0) is 67.6 Å². The number of fused-ring (bicyclic) bond motifs is 1. The van der Waals surface area contributed by atoms with Crippen molar-refractivity contribution in [1.82, 2.24) is 19.7 Å². The summed E-state index contributed by atoms with van der Waals surface area (Å²) in [5, 5.41) is 11.5. The number of ether oxygens (including phenoxy) is 1. The molecule has 158 valence electrons. The summed E-state index contributed by atoms with van der Waals surface area (Å²) in [6, 6.07) is 22.6. The van der Waals surface area contributed by atoms with E-state index >= 15 is 0 Å². The monoisotopic (exact) mass is 424 g/mol. The highest BCUT2D eigenvalue weighted by atomic mass is 16.5. The Balaban J connectivity index is 1.39. The number of nitrogens with one attached hydrogen (secondary N) is 2. The molecule has 8 heteroatoms. The molecule has 0 radical (unpaired) electrons. The van der Waals surface area contributed by atoms with Crippen molar-refractivity contribution < 1.29 is 4.74 Å². The van der Waals surface area contributed by atoms with Crippen LogP contribution < -0.4 is 10.3 Å². The average Bonchev–Trinajstić information content (AvgIpc) is 3.39. The maximum atomic E-state index is 12.8. The van der Waals surface area contributed by atoms with Gasteiger partial charge in [0.2, 0.25) is 0 Å². The molecule has 32 heavy (non-hydrogen) atoms. The number of H-pyrrole nitrogens is 2. The van der Waals surface area contributed by atoms with Crippen molar-refractivity contribution in [3.05, 3.63) is 88.8 Å². The number of nitrogens with zero attached hydrogens (tertiary/aromatic N) is 4. The molecule has 2 N–H and O–H groups in total. The smallest absolute Gasteiger partial charge is 0.299 e. The molecule has 3 aromatic carbocycles. The zero-order valence-corrected chi connectivity index (χ0v) is 17.5. The van der Waals surface area contributed by atoms with Gasteiger partial charge < -0.3 is 9.72 Å². The zero-order valence-electron chi connectivity index (χ0n) is 17.5. The Hall–Kier alpha value is -4.46. The molecule has 2 heterocycles. The lowest BCUT2D eigenvalue weighted by Gasteiger charge is -2.03. The highest BCUT2D eigenvalue weighted by molar-refractivity contribution is 5.79. The third-order valence-corrected chi connectivity index (χ3v) is 5.17. The minimum absolute atomic E-state index is 0.266. The molecule has 0 unspecified atom stereocenters. The Morgan fingerprint density at radius 3 is 2.41 bits per heavy atom. The van der Waals surface area contributed by atoms with Gasteiger partial charge in [0, 0.05) is 5.56 Å². The number of para-hydroxylation sites is 2. The summed E-state index contributed by atoms with van der Waals surface area (Å²) in [5.41, 5.74) is 4.81. The number of aromatic nitrogens is 4. The first-order valence-electron chi connectivity index (χ1n) is 10.1. The number of rotatable bonds is 5. The number of hydrogen-bond donors (Lipinski definition) is 2. The van der Waals surface area contributed by atoms with Crippen LogP contribution in [0.4, 0.5) is 11.4 Å². The fraction of sp³-hybridized carbons (Fsp3) is 0.0833. The highest BCUT2D eigenvalue weighted by Gasteiger charge is 2.12. The Labute approximate surface area is 183 Å². The summed E-state index contributed by atoms with van der Waals surface area (Å²) in [4.78, 5) is 20.7. The van der Waals surface area contributed by atoms with Crippen molar-refractivity contribution in [3.8, 4) is 22.8 Å². The molecule has 8 nitrogen and oxygen atoms in total. The molecule has 0 spiro atoms. The summed E-state index contributed by atoms with van der Waals surface area (Å²) in [7, 11) is 1.60. The molecule has 0 atom stereocenters. The van der Waals surface area contributed by atoms with Crippen molar-refractivity contribution >= 4 is 22.4 Å². The van der Waals surface area contributed by atoms with Crippen LogP contribution in [-0.2, 0) is 0 Å². The maximum Gasteiger partial charge on any atom is 0.299 e. The van der Waals surface area contributed by atoms with E-state index in [1.807, 2.05) is 48.5 Å². The van der Waals surface area contributed by atoms with Gasteiger partial charge in [-0.3, -0.25) is 9.89 Å². The van der Waals surface area contributed by atoms with E-state index in [-0.39, 0.29) is 11.2 Å². The van der Waals surface area contributed by atoms with Crippen LogP contribution in [0.15, 0.2) is 87.8 Å². The van der Waals surface area contributed by atoms with Gasteiger partial charge in [0.15, 0.2) is 5.69 Å². The van der Waals surface area contributed by atoms with Gasteiger partial charge in [0.05, 0.1) is 35.2 Å². The number of aromatic amines is 2. The van der Waals surface area contributed by atoms with Gasteiger partial charge in [-0.2, -0.15) is 5.11 Å². The highest BCUT2D eigenvalue weighted by Crippen LogP contribution is 2.24. The molecule has 5 rings (SSSR count). The number of aryl methyl sites for hydroxylation is 1. The number of benzene rings is 3. The van der Waals surface area contributed by atoms with E-state index in [9.17, 15) is 4.79 Å². The molecular weight excluding hydrogens is 404 g/mol. The van der Waals surface area contributed by atoms with Gasteiger partial charge in [0.25, 0.3) is 5.56 Å². The molecule has 0 saturated carbocycles. The van der Waals surface area contributed by atoms with Gasteiger partial charge in [-0.15, -0.1) is 5.11 Å². The standard InChI is InChI=1S/C24H20N6O2/c1-15-22(24(31)30(29-15)18-11-13-19(32-2)14-12-18)28-27-17-9-7-16(8-10-17)23-25-20-5-3-4-6-21(20)26-23/h3-14,29H,1-2H3,(H,25,26). The van der Waals surface area contributed by atoms with Crippen molar-refractivity contribution in [2.75, 3.05) is 7.11 Å². The Morgan fingerprint density at radius 1 is 0.938 bits per heavy atom. The number of azo groups is 1. The first-order chi connectivity index (χ1) is 15.6. The van der Waals surface area contributed by atoms with Crippen LogP contribution in [0.3, 0.4) is 0 Å². The molecule has 0 bridgehead atoms. The van der Waals surface area contributed by atoms with E-state index in [2.05, 4.69) is 25.3 Å². The van der Waals surface area contributed by atoms with Gasteiger partial charge in [-0.1, -0.05) is 12.1 Å². The first-order valence-corrected chi connectivity index (χ1v) is 10.1. The lowest BCUT2D eigenvalue weighted by molar-refractivity contribution is 0.414. The molecule has 0 saturated heterocycles. The van der Waals surface area contributed by atoms with Gasteiger partial charge in [0.1, 0.15) is 11.6 Å². The molecule has 5 aromatic rings. The Kier molecular flexibility index (Phi) is 4.87. The normalized spacial score (nSPS) is 11.4. The van der Waals surface area contributed by atoms with Crippen LogP contribution in [0, 0.1) is 6.92 Å². The predicted octanol–water partition coefficient (Wildman–Crippen LogP) is 5.44. The van der Waals surface area contributed by atoms with E-state index < -0.39 is 0 Å². The van der Waals surface area contributed by atoms with Gasteiger partial charge >= 0.3 is 0 Å². The summed E-state index contributed by atoms with van der Waals surface area (Å²) in [5.74, 6) is 1.51. The summed E-state index contributed by atoms with van der Waals surface area (Å²) < 4.78 is 6.60. The second-order valence-electron chi connectivity index (χ2n) is 7.27. The van der Waals surface area contributed by atoms with Crippen LogP contribution >= 0.6 is 0 Å². The molecule has 0 aliphatic rings. The van der Waals surface area contributed by atoms with Crippen LogP contribution in [0.25, 0.3) is 28.1 Å². The quantitative estimate of drug-likeness (QED) is 0.367. The third kappa shape index (κ3) is 3.58. The molecule has 0 aliphatic carbocycles. The number of methoxy groups -OCH3 is 1. The third-order valence-electron chi connectivity index (χ3n) is 5.17. The second kappa shape index (κ2) is 7.99. The van der Waals surface area contributed by atoms with E-state index in [4.69, 9.17) is 4.74 Å². The fourth-order valence-corrected chi connectivity index (χ4v) is 3.45. The minimum atomic E-state index is -0.268. The predicted molar refractivity (Wildman–Crippen MR) is 123 cm³/mol. The fourth-order valence-electron chi connectivity index (χ4n) is 3.45. The van der Waals surface area contributed by atoms with Gasteiger partial charge in [-0.25, -0.2) is 9.67 Å². The van der Waals surface area contributed by atoms with Crippen LogP contribution in [-0.4, -0.2) is 26.9 Å². The summed E-state index contributed by atoms with van der Waals surface area (Å²) in [6.45, 7) is 1.79. The topological polar surface area (TPSA) is 100 Å². The summed E-state index contributed by atoms with van der Waals surface area (Å²) >= 11 is 0. The average molecular weight is 424 g/mol. The first kappa shape index (κ1) is 19.5. The lowest BCUT2D eigenvalue weighted by Crippen LogP contribution is -2.13. The van der Waals surface area contributed by atoms with E-state index in [0.717, 1.165) is 28.2 Å². The lowest BCUT2D eigenvalue weighted by atomic mass is 10.2. The maximum absolute atomic E-state index is 12.8. The zero-order chi connectivity index (χ0) is 22.1. The Morgan fingerprint density at radius 2 is 1.69 bits per heavy atom. The van der Waals surface area contributed by atoms with E-state index in [0.29, 0.717) is 17.1 Å². The molecular formula is C24H20N6O2. The van der Waals surface area contributed by atoms with Crippen LogP contribution in [0.2, 0.25) is 0 Å². The molecule has 2 aromatic heterocycles. The van der Waals surface area contributed by atoms with E-state index in [1.54, 1.807) is 38.3 Å². The molecule has 0 fully saturated rings. The van der Waals surface area contributed by atoms with Crippen molar-refractivity contribution in [3.63, 3.8) is 0 Å². The Bertz CT molecular complexity index is 1440. The second-order valence-corrected chi connectivity index (χ2v) is 7.27. The minimum Gasteiger partial charge on any atom is -0.497 e. The SMILES string of the molecule is COc1ccc(-n2[nH]c(C)c(N=Nc3ccc(-c4nc5ccccc5[nH]4)cc3)c2=O)cc1. The van der Waals surface area contributed by atoms with Crippen LogP contribution in [0.5, 0.6) is 5.75 Å². The summed E-state index contributed by atoms with van der Waals surface area (Å²) in [6.07, 6.45) is 0. The van der Waals surface area contributed by atoms with Crippen molar-refractivity contribution in [1.29, 1.82) is 0 Å². The molecule has 0 amide bonds. The number of hydrogen-bond acceptors (Lipinski definition) is 5. The van der Waals surface area contributed by atoms with Crippen molar-refractivity contribution in [2.45, 2.75) is 6.92 Å². The molecule has 0 aliphatic heterocycles. The van der Waals surface area contributed by atoms with Crippen LogP contribution in [0.1, 0.15) is 5.69 Å².